The van der Waals surface area contributed by atoms with Gasteiger partial charge in [-0.2, -0.15) is 0 Å². The molecule has 0 saturated heterocycles. The number of ether oxygens (including phenoxy) is 3. The third kappa shape index (κ3) is 3.74. The third-order valence-electron chi connectivity index (χ3n) is 2.50. The fourth-order valence-corrected chi connectivity index (χ4v) is 1.54. The van der Waals surface area contributed by atoms with E-state index >= 15 is 0 Å². The number of carbonyl (C=O) groups is 2. The van der Waals surface area contributed by atoms with Crippen LogP contribution < -0.4 is 10.5 Å². The molecule has 1 rings (SSSR count). The third-order valence-corrected chi connectivity index (χ3v) is 2.50. The topological polar surface area (TPSA) is 87.9 Å². The van der Waals surface area contributed by atoms with Gasteiger partial charge in [0.25, 0.3) is 0 Å². The second-order valence-electron chi connectivity index (χ2n) is 3.76. The van der Waals surface area contributed by atoms with Crippen molar-refractivity contribution in [3.63, 3.8) is 0 Å². The molecule has 0 unspecified atom stereocenters. The normalized spacial score (nSPS) is 10.3. The van der Waals surface area contributed by atoms with E-state index in [1.54, 1.807) is 6.92 Å². The Hall–Kier alpha value is -2.50. The van der Waals surface area contributed by atoms with Crippen molar-refractivity contribution in [1.29, 1.82) is 0 Å². The van der Waals surface area contributed by atoms with Crippen LogP contribution in [0.15, 0.2) is 18.2 Å². The molecule has 1 aromatic carbocycles. The second-order valence-corrected chi connectivity index (χ2v) is 3.76. The molecule has 0 bridgehead atoms. The lowest BCUT2D eigenvalue weighted by Crippen LogP contribution is -2.05. The molecule has 0 saturated carbocycles. The fraction of sp³-hybridized carbons (Fsp3) is 0.286. The lowest BCUT2D eigenvalue weighted by molar-refractivity contribution is -0.137. The van der Waals surface area contributed by atoms with Crippen molar-refractivity contribution in [3.05, 3.63) is 29.3 Å². The van der Waals surface area contributed by atoms with Gasteiger partial charge in [-0.25, -0.2) is 9.59 Å². The van der Waals surface area contributed by atoms with Crippen LogP contribution in [0.3, 0.4) is 0 Å². The summed E-state index contributed by atoms with van der Waals surface area (Å²) in [6, 6.07) is 2.99. The molecule has 108 valence electrons. The van der Waals surface area contributed by atoms with Crippen LogP contribution in [0.2, 0.25) is 0 Å². The lowest BCUT2D eigenvalue weighted by atomic mass is 10.1. The summed E-state index contributed by atoms with van der Waals surface area (Å²) in [5, 5.41) is 0. The predicted molar refractivity (Wildman–Crippen MR) is 74.4 cm³/mol. The summed E-state index contributed by atoms with van der Waals surface area (Å²) in [6.45, 7) is 1.99. The summed E-state index contributed by atoms with van der Waals surface area (Å²) in [6.07, 6.45) is 2.69. The van der Waals surface area contributed by atoms with Gasteiger partial charge in [-0.15, -0.1) is 0 Å². The lowest BCUT2D eigenvalue weighted by Gasteiger charge is -2.10. The highest BCUT2D eigenvalue weighted by Gasteiger charge is 2.12. The molecule has 0 aliphatic rings. The van der Waals surface area contributed by atoms with E-state index < -0.39 is 11.9 Å². The Labute approximate surface area is 117 Å². The summed E-state index contributed by atoms with van der Waals surface area (Å²) in [7, 11) is 2.71. The van der Waals surface area contributed by atoms with Gasteiger partial charge < -0.3 is 19.9 Å². The number of nitrogen functional groups attached to an aromatic ring is 1. The molecule has 0 aliphatic carbocycles. The van der Waals surface area contributed by atoms with Crippen molar-refractivity contribution in [2.75, 3.05) is 26.6 Å². The van der Waals surface area contributed by atoms with Crippen LogP contribution >= 0.6 is 0 Å². The Morgan fingerprint density at radius 1 is 1.30 bits per heavy atom. The van der Waals surface area contributed by atoms with E-state index in [1.807, 2.05) is 0 Å². The Bertz CT molecular complexity index is 537. The van der Waals surface area contributed by atoms with Crippen molar-refractivity contribution in [1.82, 2.24) is 0 Å². The van der Waals surface area contributed by atoms with Gasteiger partial charge in [0.1, 0.15) is 5.75 Å². The quantitative estimate of drug-likeness (QED) is 0.501. The number of anilines is 1. The first-order chi connectivity index (χ1) is 9.53. The Morgan fingerprint density at radius 2 is 2.00 bits per heavy atom. The zero-order valence-electron chi connectivity index (χ0n) is 11.6. The number of hydrogen-bond acceptors (Lipinski definition) is 6. The van der Waals surface area contributed by atoms with Crippen LogP contribution in [0.1, 0.15) is 22.8 Å². The first-order valence-corrected chi connectivity index (χ1v) is 5.94. The summed E-state index contributed by atoms with van der Waals surface area (Å²) < 4.78 is 14.5. The molecule has 0 heterocycles. The van der Waals surface area contributed by atoms with Gasteiger partial charge in [-0.05, 0) is 25.1 Å². The zero-order valence-corrected chi connectivity index (χ0v) is 11.6. The fourth-order valence-electron chi connectivity index (χ4n) is 1.54. The largest absolute Gasteiger partial charge is 0.495 e. The van der Waals surface area contributed by atoms with E-state index in [0.29, 0.717) is 17.0 Å². The number of carbonyl (C=O) groups excluding carboxylic acids is 2. The molecule has 6 nitrogen and oxygen atoms in total. The van der Waals surface area contributed by atoms with Gasteiger partial charge in [0.15, 0.2) is 0 Å². The highest BCUT2D eigenvalue weighted by molar-refractivity contribution is 5.94. The van der Waals surface area contributed by atoms with E-state index in [4.69, 9.17) is 15.2 Å². The minimum Gasteiger partial charge on any atom is -0.495 e. The van der Waals surface area contributed by atoms with Crippen LogP contribution in [-0.2, 0) is 14.3 Å². The SMILES string of the molecule is CCOC(=O)C=Cc1cc(C(=O)OC)cc(OC)c1N. The van der Waals surface area contributed by atoms with Gasteiger partial charge in [-0.3, -0.25) is 0 Å². The van der Waals surface area contributed by atoms with E-state index in [9.17, 15) is 9.59 Å². The molecule has 0 amide bonds. The highest BCUT2D eigenvalue weighted by Crippen LogP contribution is 2.28. The molecule has 6 heteroatoms. The van der Waals surface area contributed by atoms with Crippen LogP contribution in [-0.4, -0.2) is 32.8 Å². The number of hydrogen-bond donors (Lipinski definition) is 1. The number of benzene rings is 1. The first kappa shape index (κ1) is 15.6. The van der Waals surface area contributed by atoms with Gasteiger partial charge in [0, 0.05) is 11.6 Å². The Balaban J connectivity index is 3.17. The monoisotopic (exact) mass is 279 g/mol. The number of methoxy groups -OCH3 is 2. The first-order valence-electron chi connectivity index (χ1n) is 5.94. The zero-order chi connectivity index (χ0) is 15.1. The van der Waals surface area contributed by atoms with E-state index in [0.717, 1.165) is 0 Å². The van der Waals surface area contributed by atoms with Gasteiger partial charge >= 0.3 is 11.9 Å². The van der Waals surface area contributed by atoms with Crippen molar-refractivity contribution < 1.29 is 23.8 Å². The van der Waals surface area contributed by atoms with E-state index in [-0.39, 0.29) is 12.2 Å². The molecule has 0 atom stereocenters. The standard InChI is InChI=1S/C14H17NO5/c1-4-20-12(16)6-5-9-7-10(14(17)19-3)8-11(18-2)13(9)15/h5-8H,4,15H2,1-3H3. The molecule has 0 aromatic heterocycles. The molecule has 20 heavy (non-hydrogen) atoms. The molecule has 0 fully saturated rings. The summed E-state index contributed by atoms with van der Waals surface area (Å²) >= 11 is 0. The summed E-state index contributed by atoms with van der Waals surface area (Å²) in [5.74, 6) is -0.681. The van der Waals surface area contributed by atoms with E-state index in [1.165, 1.54) is 38.5 Å². The average molecular weight is 279 g/mol. The summed E-state index contributed by atoms with van der Waals surface area (Å²) in [4.78, 5) is 22.8. The number of esters is 2. The molecular formula is C14H17NO5. The molecule has 2 N–H and O–H groups in total. The maximum Gasteiger partial charge on any atom is 0.338 e. The van der Waals surface area contributed by atoms with Gasteiger partial charge in [0.05, 0.1) is 32.1 Å². The molecule has 0 radical (unpaired) electrons. The van der Waals surface area contributed by atoms with Crippen molar-refractivity contribution in [3.8, 4) is 5.75 Å². The molecule has 0 aliphatic heterocycles. The second kappa shape index (κ2) is 7.18. The van der Waals surface area contributed by atoms with Gasteiger partial charge in [-0.1, -0.05) is 0 Å². The smallest absolute Gasteiger partial charge is 0.338 e. The van der Waals surface area contributed by atoms with Crippen molar-refractivity contribution >= 4 is 23.7 Å². The summed E-state index contributed by atoms with van der Waals surface area (Å²) in [5.41, 5.74) is 6.95. The minimum atomic E-state index is -0.519. The predicted octanol–water partition coefficient (Wildman–Crippen LogP) is 1.64. The Morgan fingerprint density at radius 3 is 2.55 bits per heavy atom. The molecular weight excluding hydrogens is 262 g/mol. The van der Waals surface area contributed by atoms with Gasteiger partial charge in [0.2, 0.25) is 0 Å². The van der Waals surface area contributed by atoms with Crippen LogP contribution in [0.4, 0.5) is 5.69 Å². The van der Waals surface area contributed by atoms with E-state index in [2.05, 4.69) is 4.74 Å². The molecule has 0 spiro atoms. The van der Waals surface area contributed by atoms with Crippen LogP contribution in [0.25, 0.3) is 6.08 Å². The maximum absolute atomic E-state index is 11.6. The van der Waals surface area contributed by atoms with Crippen molar-refractivity contribution in [2.24, 2.45) is 0 Å². The maximum atomic E-state index is 11.6. The number of rotatable bonds is 5. The Kier molecular flexibility index (Phi) is 5.58. The van der Waals surface area contributed by atoms with Crippen LogP contribution in [0, 0.1) is 0 Å². The van der Waals surface area contributed by atoms with Crippen LogP contribution in [0.5, 0.6) is 5.75 Å². The minimum absolute atomic E-state index is 0.280. The number of nitrogens with two attached hydrogens (primary N) is 1. The highest BCUT2D eigenvalue weighted by atomic mass is 16.5. The average Bonchev–Trinajstić information content (AvgIpc) is 2.45. The molecule has 1 aromatic rings. The van der Waals surface area contributed by atoms with Crippen molar-refractivity contribution in [2.45, 2.75) is 6.92 Å².